The summed E-state index contributed by atoms with van der Waals surface area (Å²) in [5.74, 6) is -0.719. The number of hydrogen-bond acceptors (Lipinski definition) is 4. The lowest BCUT2D eigenvalue weighted by Gasteiger charge is -2.05. The molecule has 0 atom stereocenters. The summed E-state index contributed by atoms with van der Waals surface area (Å²) in [5.41, 5.74) is 9.55. The van der Waals surface area contributed by atoms with Gasteiger partial charge < -0.3 is 15.6 Å². The van der Waals surface area contributed by atoms with Crippen molar-refractivity contribution in [3.63, 3.8) is 0 Å². The molecule has 6 nitrogen and oxygen atoms in total. The summed E-state index contributed by atoms with van der Waals surface area (Å²) in [6.45, 7) is 3.94. The van der Waals surface area contributed by atoms with Crippen LogP contribution in [0, 0.1) is 13.8 Å². The smallest absolute Gasteiger partial charge is 0.248 e. The van der Waals surface area contributed by atoms with Gasteiger partial charge in [0.2, 0.25) is 11.8 Å². The SMILES string of the molecule is Cc1cc(C)c2onc(CC(=O)Nc3ccc(C(N)=O)cc3)c2c1. The molecule has 0 aliphatic heterocycles. The molecule has 2 aromatic carbocycles. The number of benzene rings is 2. The highest BCUT2D eigenvalue weighted by Crippen LogP contribution is 2.24. The van der Waals surface area contributed by atoms with E-state index in [0.29, 0.717) is 22.5 Å². The number of aromatic nitrogens is 1. The van der Waals surface area contributed by atoms with Crippen molar-refractivity contribution < 1.29 is 14.1 Å². The van der Waals surface area contributed by atoms with Crippen molar-refractivity contribution in [3.05, 3.63) is 58.8 Å². The molecule has 0 spiro atoms. The number of amides is 2. The van der Waals surface area contributed by atoms with E-state index in [-0.39, 0.29) is 12.3 Å². The van der Waals surface area contributed by atoms with Crippen molar-refractivity contribution in [1.29, 1.82) is 0 Å². The molecule has 0 unspecified atom stereocenters. The fourth-order valence-electron chi connectivity index (χ4n) is 2.64. The molecule has 6 heteroatoms. The van der Waals surface area contributed by atoms with Crippen molar-refractivity contribution in [2.45, 2.75) is 20.3 Å². The van der Waals surface area contributed by atoms with Crippen LogP contribution in [0.1, 0.15) is 27.2 Å². The molecule has 3 rings (SSSR count). The molecule has 2 amide bonds. The third-order valence-corrected chi connectivity index (χ3v) is 3.76. The van der Waals surface area contributed by atoms with Gasteiger partial charge in [-0.2, -0.15) is 0 Å². The molecule has 0 saturated heterocycles. The summed E-state index contributed by atoms with van der Waals surface area (Å²) in [4.78, 5) is 23.3. The summed E-state index contributed by atoms with van der Waals surface area (Å²) in [5, 5.41) is 7.64. The predicted molar refractivity (Wildman–Crippen MR) is 90.8 cm³/mol. The Morgan fingerprint density at radius 1 is 1.17 bits per heavy atom. The summed E-state index contributed by atoms with van der Waals surface area (Å²) in [7, 11) is 0. The molecule has 1 aromatic heterocycles. The highest BCUT2D eigenvalue weighted by Gasteiger charge is 2.14. The number of rotatable bonds is 4. The predicted octanol–water partition coefficient (Wildman–Crippen LogP) is 2.72. The molecule has 3 aromatic rings. The molecule has 0 radical (unpaired) electrons. The van der Waals surface area contributed by atoms with Crippen LogP contribution in [0.25, 0.3) is 11.0 Å². The third-order valence-electron chi connectivity index (χ3n) is 3.76. The summed E-state index contributed by atoms with van der Waals surface area (Å²) in [6, 6.07) is 10.4. The van der Waals surface area contributed by atoms with Gasteiger partial charge >= 0.3 is 0 Å². The van der Waals surface area contributed by atoms with Crippen LogP contribution in [-0.2, 0) is 11.2 Å². The van der Waals surface area contributed by atoms with E-state index < -0.39 is 5.91 Å². The Hall–Kier alpha value is -3.15. The van der Waals surface area contributed by atoms with Gasteiger partial charge in [0.05, 0.1) is 6.42 Å². The zero-order valence-electron chi connectivity index (χ0n) is 13.4. The van der Waals surface area contributed by atoms with Gasteiger partial charge in [0.1, 0.15) is 5.69 Å². The molecule has 0 aliphatic carbocycles. The number of aryl methyl sites for hydroxylation is 2. The Morgan fingerprint density at radius 3 is 2.54 bits per heavy atom. The lowest BCUT2D eigenvalue weighted by molar-refractivity contribution is -0.115. The number of primary amides is 1. The first-order valence-electron chi connectivity index (χ1n) is 7.49. The highest BCUT2D eigenvalue weighted by molar-refractivity contribution is 5.96. The first kappa shape index (κ1) is 15.7. The first-order valence-corrected chi connectivity index (χ1v) is 7.49. The van der Waals surface area contributed by atoms with Crippen LogP contribution >= 0.6 is 0 Å². The van der Waals surface area contributed by atoms with Crippen LogP contribution < -0.4 is 11.1 Å². The Balaban J connectivity index is 1.76. The number of nitrogens with one attached hydrogen (secondary N) is 1. The molecule has 122 valence electrons. The molecule has 0 fully saturated rings. The van der Waals surface area contributed by atoms with Gasteiger partial charge in [-0.3, -0.25) is 9.59 Å². The molecule has 0 saturated carbocycles. The van der Waals surface area contributed by atoms with E-state index in [1.165, 1.54) is 0 Å². The van der Waals surface area contributed by atoms with E-state index in [2.05, 4.69) is 10.5 Å². The van der Waals surface area contributed by atoms with Gasteiger partial charge in [-0.05, 0) is 55.3 Å². The average molecular weight is 323 g/mol. The second kappa shape index (κ2) is 6.16. The Bertz CT molecular complexity index is 927. The highest BCUT2D eigenvalue weighted by atomic mass is 16.5. The van der Waals surface area contributed by atoms with E-state index >= 15 is 0 Å². The van der Waals surface area contributed by atoms with Crippen LogP contribution in [0.3, 0.4) is 0 Å². The summed E-state index contributed by atoms with van der Waals surface area (Å²) in [6.07, 6.45) is 0.105. The zero-order valence-corrected chi connectivity index (χ0v) is 13.4. The third kappa shape index (κ3) is 3.12. The molecule has 24 heavy (non-hydrogen) atoms. The summed E-state index contributed by atoms with van der Waals surface area (Å²) < 4.78 is 5.35. The quantitative estimate of drug-likeness (QED) is 0.771. The van der Waals surface area contributed by atoms with Crippen molar-refractivity contribution in [2.75, 3.05) is 5.32 Å². The molecule has 0 bridgehead atoms. The van der Waals surface area contributed by atoms with Crippen LogP contribution in [-0.4, -0.2) is 17.0 Å². The van der Waals surface area contributed by atoms with Gasteiger partial charge in [-0.15, -0.1) is 0 Å². The van der Waals surface area contributed by atoms with Gasteiger partial charge in [-0.25, -0.2) is 0 Å². The fraction of sp³-hybridized carbons (Fsp3) is 0.167. The minimum absolute atomic E-state index is 0.105. The van der Waals surface area contributed by atoms with Crippen molar-refractivity contribution in [1.82, 2.24) is 5.16 Å². The zero-order chi connectivity index (χ0) is 17.3. The van der Waals surface area contributed by atoms with E-state index in [1.807, 2.05) is 26.0 Å². The van der Waals surface area contributed by atoms with E-state index in [0.717, 1.165) is 16.5 Å². The van der Waals surface area contributed by atoms with Crippen LogP contribution in [0.15, 0.2) is 40.9 Å². The maximum Gasteiger partial charge on any atom is 0.248 e. The number of carbonyl (C=O) groups excluding carboxylic acids is 2. The summed E-state index contributed by atoms with van der Waals surface area (Å²) >= 11 is 0. The number of fused-ring (bicyclic) bond motifs is 1. The number of anilines is 1. The van der Waals surface area contributed by atoms with Gasteiger partial charge in [0.15, 0.2) is 5.58 Å². The standard InChI is InChI=1S/C18H17N3O3/c1-10-7-11(2)17-14(8-10)15(21-24-17)9-16(22)20-13-5-3-12(4-6-13)18(19)23/h3-8H,9H2,1-2H3,(H2,19,23)(H,20,22). The Kier molecular flexibility index (Phi) is 4.04. The van der Waals surface area contributed by atoms with E-state index in [4.69, 9.17) is 10.3 Å². The monoisotopic (exact) mass is 323 g/mol. The number of nitrogens with zero attached hydrogens (tertiary/aromatic N) is 1. The van der Waals surface area contributed by atoms with Crippen LogP contribution in [0.2, 0.25) is 0 Å². The molecular formula is C18H17N3O3. The number of carbonyl (C=O) groups is 2. The van der Waals surface area contributed by atoms with Crippen LogP contribution in [0.4, 0.5) is 5.69 Å². The largest absolute Gasteiger partial charge is 0.366 e. The first-order chi connectivity index (χ1) is 11.4. The minimum Gasteiger partial charge on any atom is -0.366 e. The lowest BCUT2D eigenvalue weighted by Crippen LogP contribution is -2.15. The van der Waals surface area contributed by atoms with Gasteiger partial charge in [-0.1, -0.05) is 11.2 Å². The number of hydrogen-bond donors (Lipinski definition) is 2. The second-order valence-corrected chi connectivity index (χ2v) is 5.75. The van der Waals surface area contributed by atoms with E-state index in [1.54, 1.807) is 24.3 Å². The Labute approximate surface area is 138 Å². The molecule has 0 aliphatic rings. The topological polar surface area (TPSA) is 98.2 Å². The maximum atomic E-state index is 12.2. The minimum atomic E-state index is -0.507. The van der Waals surface area contributed by atoms with Gasteiger partial charge in [0, 0.05) is 16.6 Å². The number of nitrogens with two attached hydrogens (primary N) is 1. The van der Waals surface area contributed by atoms with E-state index in [9.17, 15) is 9.59 Å². The second-order valence-electron chi connectivity index (χ2n) is 5.75. The van der Waals surface area contributed by atoms with Gasteiger partial charge in [0.25, 0.3) is 0 Å². The fourth-order valence-corrected chi connectivity index (χ4v) is 2.64. The normalized spacial score (nSPS) is 10.8. The van der Waals surface area contributed by atoms with Crippen molar-refractivity contribution in [3.8, 4) is 0 Å². The average Bonchev–Trinajstić information content (AvgIpc) is 2.91. The molecule has 3 N–H and O–H groups in total. The maximum absolute atomic E-state index is 12.2. The van der Waals surface area contributed by atoms with Crippen molar-refractivity contribution in [2.24, 2.45) is 5.73 Å². The van der Waals surface area contributed by atoms with Crippen LogP contribution in [0.5, 0.6) is 0 Å². The molecule has 1 heterocycles. The lowest BCUT2D eigenvalue weighted by atomic mass is 10.1. The Morgan fingerprint density at radius 2 is 1.88 bits per heavy atom. The molecular weight excluding hydrogens is 306 g/mol. The van der Waals surface area contributed by atoms with Crippen molar-refractivity contribution >= 4 is 28.5 Å².